The maximum Gasteiger partial charge on any atom is 0.305 e. The van der Waals surface area contributed by atoms with Gasteiger partial charge in [-0.3, -0.25) is 4.79 Å². The fourth-order valence-electron chi connectivity index (χ4n) is 7.81. The molecule has 0 radical (unpaired) electrons. The Morgan fingerprint density at radius 3 is 2.37 bits per heavy atom. The quantitative estimate of drug-likeness (QED) is 0.121. The van der Waals surface area contributed by atoms with Crippen molar-refractivity contribution in [2.45, 2.75) is 145 Å². The van der Waals surface area contributed by atoms with Crippen LogP contribution in [0.4, 0.5) is 0 Å². The van der Waals surface area contributed by atoms with Crippen LogP contribution >= 0.6 is 15.9 Å². The van der Waals surface area contributed by atoms with E-state index >= 15 is 0 Å². The van der Waals surface area contributed by atoms with Gasteiger partial charge in [0.1, 0.15) is 0 Å². The zero-order valence-electron chi connectivity index (χ0n) is 25.3. The van der Waals surface area contributed by atoms with Gasteiger partial charge in [0, 0.05) is 36.8 Å². The van der Waals surface area contributed by atoms with Gasteiger partial charge in [-0.2, -0.15) is 0 Å². The Balaban J connectivity index is 1.27. The highest BCUT2D eigenvalue weighted by molar-refractivity contribution is 9.09. The van der Waals surface area contributed by atoms with E-state index in [9.17, 15) is 4.79 Å². The number of halogens is 1. The van der Waals surface area contributed by atoms with E-state index in [0.29, 0.717) is 24.2 Å². The van der Waals surface area contributed by atoms with Gasteiger partial charge in [-0.05, 0) is 75.5 Å². The average Bonchev–Trinajstić information content (AvgIpc) is 3.74. The highest BCUT2D eigenvalue weighted by Crippen LogP contribution is 2.48. The third kappa shape index (κ3) is 8.78. The van der Waals surface area contributed by atoms with Gasteiger partial charge < -0.3 is 28.4 Å². The van der Waals surface area contributed by atoms with E-state index in [-0.39, 0.29) is 53.7 Å². The first-order valence-electron chi connectivity index (χ1n) is 16.6. The molecule has 41 heavy (non-hydrogen) atoms. The van der Waals surface area contributed by atoms with Gasteiger partial charge in [-0.25, -0.2) is 0 Å². The number of hydrogen-bond acceptors (Lipinski definition) is 7. The van der Waals surface area contributed by atoms with Crippen LogP contribution in [0.1, 0.15) is 103 Å². The fourth-order valence-corrected chi connectivity index (χ4v) is 8.48. The van der Waals surface area contributed by atoms with Gasteiger partial charge >= 0.3 is 5.97 Å². The van der Waals surface area contributed by atoms with E-state index in [1.54, 1.807) is 0 Å². The number of esters is 1. The monoisotopic (exact) mass is 640 g/mol. The Morgan fingerprint density at radius 1 is 0.976 bits per heavy atom. The largest absolute Gasteiger partial charge is 0.469 e. The van der Waals surface area contributed by atoms with Crippen molar-refractivity contribution in [3.63, 3.8) is 0 Å². The number of alkyl halides is 1. The van der Waals surface area contributed by atoms with Gasteiger partial charge in [-0.1, -0.05) is 60.7 Å². The van der Waals surface area contributed by atoms with Crippen LogP contribution in [0.5, 0.6) is 0 Å². The first kappa shape index (κ1) is 31.9. The smallest absolute Gasteiger partial charge is 0.305 e. The van der Waals surface area contributed by atoms with Crippen LogP contribution in [0.3, 0.4) is 0 Å². The van der Waals surface area contributed by atoms with Crippen molar-refractivity contribution < 1.29 is 33.2 Å². The molecule has 3 saturated heterocycles. The molecule has 3 heterocycles. The molecule has 0 aromatic carbocycles. The molecule has 5 rings (SSSR count). The lowest BCUT2D eigenvalue weighted by Crippen LogP contribution is -2.34. The van der Waals surface area contributed by atoms with Crippen LogP contribution in [0.2, 0.25) is 0 Å². The Kier molecular flexibility index (Phi) is 12.4. The molecule has 0 aromatic heterocycles. The minimum absolute atomic E-state index is 0.0483. The zero-order chi connectivity index (χ0) is 28.6. The lowest BCUT2D eigenvalue weighted by molar-refractivity contribution is -0.195. The molecular weight excluding hydrogens is 588 g/mol. The highest BCUT2D eigenvalue weighted by Gasteiger charge is 2.51. The molecular formula is C33H53BrO7. The van der Waals surface area contributed by atoms with E-state index in [4.69, 9.17) is 28.4 Å². The minimum atomic E-state index is -0.147. The number of ether oxygens (including phenoxy) is 6. The van der Waals surface area contributed by atoms with Crippen molar-refractivity contribution in [3.05, 3.63) is 12.2 Å². The van der Waals surface area contributed by atoms with Crippen LogP contribution in [0.25, 0.3) is 0 Å². The average molecular weight is 642 g/mol. The molecule has 0 amide bonds. The molecule has 2 saturated carbocycles. The number of fused-ring (bicyclic) bond motifs is 1. The van der Waals surface area contributed by atoms with E-state index in [0.717, 1.165) is 71.0 Å². The summed E-state index contributed by atoms with van der Waals surface area (Å²) in [6.45, 7) is 3.97. The molecule has 7 nitrogen and oxygen atoms in total. The maximum absolute atomic E-state index is 11.6. The number of hydrogen-bond donors (Lipinski definition) is 0. The predicted octanol–water partition coefficient (Wildman–Crippen LogP) is 7.09. The summed E-state index contributed by atoms with van der Waals surface area (Å²) in [7, 11) is 1.45. The Labute approximate surface area is 255 Å². The van der Waals surface area contributed by atoms with Gasteiger partial charge in [-0.15, -0.1) is 0 Å². The van der Waals surface area contributed by atoms with E-state index < -0.39 is 0 Å². The van der Waals surface area contributed by atoms with Crippen molar-refractivity contribution in [1.82, 2.24) is 0 Å². The van der Waals surface area contributed by atoms with Crippen molar-refractivity contribution in [2.75, 3.05) is 20.3 Å². The maximum atomic E-state index is 11.6. The summed E-state index contributed by atoms with van der Waals surface area (Å²) in [5.74, 6) is 1.70. The van der Waals surface area contributed by atoms with E-state index in [1.807, 2.05) is 0 Å². The van der Waals surface area contributed by atoms with Crippen molar-refractivity contribution in [2.24, 2.45) is 23.7 Å². The van der Waals surface area contributed by atoms with Crippen LogP contribution in [-0.2, 0) is 33.2 Å². The van der Waals surface area contributed by atoms with E-state index in [2.05, 4.69) is 35.0 Å². The molecule has 234 valence electrons. The Bertz CT molecular complexity index is 820. The molecule has 0 N–H and O–H groups in total. The van der Waals surface area contributed by atoms with Crippen LogP contribution in [0.15, 0.2) is 12.2 Å². The SMILES string of the molecule is COC(=O)CCCC(Br)C1C[C@@H]2[C@@H](C=CC(OC3CCCCO3)C(C)C3CCCC3)[C@H](OC3CCCCO3)C[C@H]2O1. The van der Waals surface area contributed by atoms with Crippen LogP contribution in [0, 0.1) is 23.7 Å². The molecule has 8 heteroatoms. The molecule has 6 unspecified atom stereocenters. The van der Waals surface area contributed by atoms with Crippen LogP contribution < -0.4 is 0 Å². The third-order valence-electron chi connectivity index (χ3n) is 10.3. The summed E-state index contributed by atoms with van der Waals surface area (Å²) in [5, 5.41) is 0. The second-order valence-electron chi connectivity index (χ2n) is 13.1. The summed E-state index contributed by atoms with van der Waals surface area (Å²) >= 11 is 3.89. The summed E-state index contributed by atoms with van der Waals surface area (Å²) < 4.78 is 36.9. The van der Waals surface area contributed by atoms with Gasteiger partial charge in [0.15, 0.2) is 12.6 Å². The minimum Gasteiger partial charge on any atom is -0.469 e. The third-order valence-corrected chi connectivity index (χ3v) is 11.4. The standard InChI is InChI=1S/C33H53BrO7/c1-22(23-10-3-4-11-23)27(40-32-14-5-7-18-37-32)17-16-24-25-20-30(26(34)12-9-13-31(35)36-2)39-29(25)21-28(24)41-33-15-6-8-19-38-33/h16-17,22-30,32-33H,3-15,18-21H2,1-2H3/t22?,24-,25-,26?,27?,28-,29-,30?,32?,33?/m1/s1. The second-order valence-corrected chi connectivity index (χ2v) is 14.2. The van der Waals surface area contributed by atoms with Crippen molar-refractivity contribution in [1.29, 1.82) is 0 Å². The summed E-state index contributed by atoms with van der Waals surface area (Å²) in [4.78, 5) is 11.8. The molecule has 10 atom stereocenters. The summed E-state index contributed by atoms with van der Waals surface area (Å²) in [5.41, 5.74) is 0. The molecule has 0 spiro atoms. The fraction of sp³-hybridized carbons (Fsp3) is 0.909. The molecule has 5 fully saturated rings. The molecule has 0 aromatic rings. The van der Waals surface area contributed by atoms with Gasteiger partial charge in [0.2, 0.25) is 0 Å². The predicted molar refractivity (Wildman–Crippen MR) is 161 cm³/mol. The molecule has 5 aliphatic rings. The number of carbonyl (C=O) groups is 1. The Hall–Kier alpha value is -0.510. The first-order chi connectivity index (χ1) is 20.0. The number of methoxy groups -OCH3 is 1. The molecule has 3 aliphatic heterocycles. The number of rotatable bonds is 13. The van der Waals surface area contributed by atoms with Crippen molar-refractivity contribution >= 4 is 21.9 Å². The molecule has 0 bridgehead atoms. The number of carbonyl (C=O) groups excluding carboxylic acids is 1. The van der Waals surface area contributed by atoms with Gasteiger partial charge in [0.25, 0.3) is 0 Å². The van der Waals surface area contributed by atoms with Crippen molar-refractivity contribution in [3.8, 4) is 0 Å². The zero-order valence-corrected chi connectivity index (χ0v) is 26.8. The first-order valence-corrected chi connectivity index (χ1v) is 17.5. The lowest BCUT2D eigenvalue weighted by atomic mass is 9.85. The summed E-state index contributed by atoms with van der Waals surface area (Å²) in [6, 6.07) is 0. The highest BCUT2D eigenvalue weighted by atomic mass is 79.9. The normalized spacial score (nSPS) is 36.8. The van der Waals surface area contributed by atoms with E-state index in [1.165, 1.54) is 39.2 Å². The Morgan fingerprint density at radius 2 is 1.68 bits per heavy atom. The van der Waals surface area contributed by atoms with Crippen LogP contribution in [-0.4, -0.2) is 68.1 Å². The molecule has 2 aliphatic carbocycles. The van der Waals surface area contributed by atoms with Gasteiger partial charge in [0.05, 0.1) is 31.5 Å². The summed E-state index contributed by atoms with van der Waals surface area (Å²) in [6.07, 6.45) is 20.9. The second kappa shape index (κ2) is 16.0. The topological polar surface area (TPSA) is 72.5 Å². The lowest BCUT2D eigenvalue weighted by Gasteiger charge is -2.33.